The van der Waals surface area contributed by atoms with Crippen LogP contribution < -0.4 is 10.1 Å². The number of rotatable bonds is 7. The first-order chi connectivity index (χ1) is 10.8. The molecule has 1 aromatic rings. The molecule has 1 aromatic heterocycles. The van der Waals surface area contributed by atoms with Crippen LogP contribution in [0, 0.1) is 5.92 Å². The fourth-order valence-electron chi connectivity index (χ4n) is 3.07. The van der Waals surface area contributed by atoms with Crippen molar-refractivity contribution < 1.29 is 9.47 Å². The Bertz CT molecular complexity index is 491. The van der Waals surface area contributed by atoms with E-state index in [1.807, 2.05) is 6.07 Å². The third kappa shape index (κ3) is 4.09. The standard InChI is InChI=1S/C17H27N3O2/c1-12-5-3-4-6-14(12)18-15-11-16(22-10-9-21-2)20-17(19-15)13-7-8-13/h11-14H,3-10H2,1-2H3,(H,18,19,20). The van der Waals surface area contributed by atoms with Gasteiger partial charge in [-0.2, -0.15) is 4.98 Å². The predicted octanol–water partition coefficient (Wildman–Crippen LogP) is 3.37. The van der Waals surface area contributed by atoms with Crippen LogP contribution in [0.5, 0.6) is 5.88 Å². The molecular formula is C17H27N3O2. The van der Waals surface area contributed by atoms with Crippen molar-refractivity contribution in [2.45, 2.75) is 57.4 Å². The molecule has 0 spiro atoms. The lowest BCUT2D eigenvalue weighted by atomic mass is 9.86. The van der Waals surface area contributed by atoms with Crippen molar-refractivity contribution in [3.05, 3.63) is 11.9 Å². The molecule has 0 radical (unpaired) electrons. The second-order valence-corrected chi connectivity index (χ2v) is 6.58. The molecule has 2 unspecified atom stereocenters. The predicted molar refractivity (Wildman–Crippen MR) is 86.4 cm³/mol. The quantitative estimate of drug-likeness (QED) is 0.783. The van der Waals surface area contributed by atoms with Crippen molar-refractivity contribution >= 4 is 5.82 Å². The Morgan fingerprint density at radius 2 is 1.95 bits per heavy atom. The van der Waals surface area contributed by atoms with E-state index in [0.717, 1.165) is 11.6 Å². The van der Waals surface area contributed by atoms with Gasteiger partial charge in [0.2, 0.25) is 5.88 Å². The van der Waals surface area contributed by atoms with Crippen LogP contribution >= 0.6 is 0 Å². The molecule has 2 aliphatic carbocycles. The SMILES string of the molecule is COCCOc1cc(NC2CCCCC2C)nc(C2CC2)n1. The zero-order valence-electron chi connectivity index (χ0n) is 13.7. The smallest absolute Gasteiger partial charge is 0.218 e. The molecule has 1 heterocycles. The zero-order valence-corrected chi connectivity index (χ0v) is 13.7. The largest absolute Gasteiger partial charge is 0.475 e. The van der Waals surface area contributed by atoms with E-state index in [-0.39, 0.29) is 0 Å². The van der Waals surface area contributed by atoms with Crippen LogP contribution in [0.25, 0.3) is 0 Å². The normalized spacial score (nSPS) is 25.0. The first-order valence-electron chi connectivity index (χ1n) is 8.53. The van der Waals surface area contributed by atoms with Crippen LogP contribution in [0.4, 0.5) is 5.82 Å². The summed E-state index contributed by atoms with van der Waals surface area (Å²) in [5.74, 6) is 3.74. The summed E-state index contributed by atoms with van der Waals surface area (Å²) in [6.45, 7) is 3.43. The van der Waals surface area contributed by atoms with Gasteiger partial charge in [0.05, 0.1) is 6.61 Å². The highest BCUT2D eigenvalue weighted by Gasteiger charge is 2.28. The van der Waals surface area contributed by atoms with Gasteiger partial charge >= 0.3 is 0 Å². The number of hydrogen-bond acceptors (Lipinski definition) is 5. The van der Waals surface area contributed by atoms with Crippen LogP contribution in [0.3, 0.4) is 0 Å². The fourth-order valence-corrected chi connectivity index (χ4v) is 3.07. The average molecular weight is 305 g/mol. The van der Waals surface area contributed by atoms with Gasteiger partial charge in [-0.1, -0.05) is 19.8 Å². The second kappa shape index (κ2) is 7.27. The molecule has 22 heavy (non-hydrogen) atoms. The third-order valence-corrected chi connectivity index (χ3v) is 4.64. The monoisotopic (exact) mass is 305 g/mol. The molecule has 0 aliphatic heterocycles. The summed E-state index contributed by atoms with van der Waals surface area (Å²) < 4.78 is 10.7. The Balaban J connectivity index is 1.70. The molecule has 1 N–H and O–H groups in total. The number of aromatic nitrogens is 2. The molecular weight excluding hydrogens is 278 g/mol. The van der Waals surface area contributed by atoms with E-state index < -0.39 is 0 Å². The summed E-state index contributed by atoms with van der Waals surface area (Å²) >= 11 is 0. The van der Waals surface area contributed by atoms with Crippen LogP contribution in [-0.2, 0) is 4.74 Å². The molecule has 2 atom stereocenters. The Labute approximate surface area is 132 Å². The van der Waals surface area contributed by atoms with Gasteiger partial charge in [0, 0.05) is 25.1 Å². The summed E-state index contributed by atoms with van der Waals surface area (Å²) in [7, 11) is 1.68. The van der Waals surface area contributed by atoms with E-state index in [1.54, 1.807) is 7.11 Å². The molecule has 2 saturated carbocycles. The van der Waals surface area contributed by atoms with Crippen LogP contribution in [0.2, 0.25) is 0 Å². The fraction of sp³-hybridized carbons (Fsp3) is 0.765. The minimum absolute atomic E-state index is 0.516. The molecule has 0 amide bonds. The number of ether oxygens (including phenoxy) is 2. The lowest BCUT2D eigenvalue weighted by Crippen LogP contribution is -2.30. The Morgan fingerprint density at radius 1 is 1.14 bits per heavy atom. The molecule has 2 fully saturated rings. The number of methoxy groups -OCH3 is 1. The van der Waals surface area contributed by atoms with E-state index in [2.05, 4.69) is 17.2 Å². The summed E-state index contributed by atoms with van der Waals surface area (Å²) in [6, 6.07) is 2.45. The lowest BCUT2D eigenvalue weighted by Gasteiger charge is -2.30. The number of nitrogens with zero attached hydrogens (tertiary/aromatic N) is 2. The minimum Gasteiger partial charge on any atom is -0.475 e. The Morgan fingerprint density at radius 3 is 2.68 bits per heavy atom. The van der Waals surface area contributed by atoms with Gasteiger partial charge in [-0.25, -0.2) is 4.98 Å². The molecule has 3 rings (SSSR count). The van der Waals surface area contributed by atoms with Gasteiger partial charge in [0.15, 0.2) is 0 Å². The number of anilines is 1. The minimum atomic E-state index is 0.516. The van der Waals surface area contributed by atoms with Crippen molar-refractivity contribution in [1.29, 1.82) is 0 Å². The first-order valence-corrected chi connectivity index (χ1v) is 8.53. The van der Waals surface area contributed by atoms with E-state index in [0.29, 0.717) is 37.0 Å². The first kappa shape index (κ1) is 15.5. The summed E-state index contributed by atoms with van der Waals surface area (Å²) in [4.78, 5) is 9.27. The average Bonchev–Trinajstić information content (AvgIpc) is 3.35. The van der Waals surface area contributed by atoms with Gasteiger partial charge in [-0.05, 0) is 31.6 Å². The van der Waals surface area contributed by atoms with Crippen molar-refractivity contribution in [3.63, 3.8) is 0 Å². The maximum atomic E-state index is 5.71. The molecule has 2 aliphatic rings. The summed E-state index contributed by atoms with van der Waals surface area (Å²) in [5.41, 5.74) is 0. The maximum absolute atomic E-state index is 5.71. The van der Waals surface area contributed by atoms with Gasteiger partial charge in [0.1, 0.15) is 18.2 Å². The van der Waals surface area contributed by atoms with Gasteiger partial charge < -0.3 is 14.8 Å². The van der Waals surface area contributed by atoms with E-state index >= 15 is 0 Å². The van der Waals surface area contributed by atoms with E-state index in [4.69, 9.17) is 14.5 Å². The Hall–Kier alpha value is -1.36. The molecule has 122 valence electrons. The highest BCUT2D eigenvalue weighted by atomic mass is 16.5. The zero-order chi connectivity index (χ0) is 15.4. The van der Waals surface area contributed by atoms with Crippen molar-refractivity contribution in [2.75, 3.05) is 25.6 Å². The molecule has 5 nitrogen and oxygen atoms in total. The maximum Gasteiger partial charge on any atom is 0.218 e. The Kier molecular flexibility index (Phi) is 5.13. The second-order valence-electron chi connectivity index (χ2n) is 6.58. The van der Waals surface area contributed by atoms with Crippen LogP contribution in [0.1, 0.15) is 57.2 Å². The highest BCUT2D eigenvalue weighted by Crippen LogP contribution is 2.39. The van der Waals surface area contributed by atoms with Crippen LogP contribution in [-0.4, -0.2) is 36.3 Å². The summed E-state index contributed by atoms with van der Waals surface area (Å²) in [6.07, 6.45) is 7.57. The van der Waals surface area contributed by atoms with Crippen molar-refractivity contribution in [2.24, 2.45) is 5.92 Å². The number of hydrogen-bond donors (Lipinski definition) is 1. The van der Waals surface area contributed by atoms with E-state index in [9.17, 15) is 0 Å². The number of nitrogens with one attached hydrogen (secondary N) is 1. The topological polar surface area (TPSA) is 56.3 Å². The third-order valence-electron chi connectivity index (χ3n) is 4.64. The van der Waals surface area contributed by atoms with Crippen molar-refractivity contribution in [3.8, 4) is 5.88 Å². The molecule has 0 bridgehead atoms. The van der Waals surface area contributed by atoms with Gasteiger partial charge in [-0.3, -0.25) is 0 Å². The molecule has 0 saturated heterocycles. The highest BCUT2D eigenvalue weighted by molar-refractivity contribution is 5.40. The van der Waals surface area contributed by atoms with Crippen LogP contribution in [0.15, 0.2) is 6.07 Å². The molecule has 5 heteroatoms. The van der Waals surface area contributed by atoms with Gasteiger partial charge in [-0.15, -0.1) is 0 Å². The summed E-state index contributed by atoms with van der Waals surface area (Å²) in [5, 5.41) is 3.62. The van der Waals surface area contributed by atoms with E-state index in [1.165, 1.54) is 38.5 Å². The van der Waals surface area contributed by atoms with Gasteiger partial charge in [0.25, 0.3) is 0 Å². The van der Waals surface area contributed by atoms with Crippen molar-refractivity contribution in [1.82, 2.24) is 9.97 Å². The lowest BCUT2D eigenvalue weighted by molar-refractivity contribution is 0.143. The molecule has 0 aromatic carbocycles.